The molecule has 1 rings (SSSR count). The number of alkyl carbamates (subject to hydrolysis) is 1. The minimum Gasteiger partial charge on any atom is -0.464 e. The average Bonchev–Trinajstić information content (AvgIpc) is 2.44. The maximum Gasteiger partial charge on any atom is 0.408 e. The molecule has 0 aromatic heterocycles. The summed E-state index contributed by atoms with van der Waals surface area (Å²) in [7, 11) is 0. The number of hydrogen-bond donors (Lipinski definition) is 2. The number of hydrogen-bond acceptors (Lipinski definition) is 5. The molecule has 1 aromatic rings. The molecule has 0 saturated carbocycles. The van der Waals surface area contributed by atoms with Gasteiger partial charge in [0.15, 0.2) is 0 Å². The normalized spacial score (nSPS) is 11.5. The summed E-state index contributed by atoms with van der Waals surface area (Å²) in [5.41, 5.74) is 6.25. The van der Waals surface area contributed by atoms with Gasteiger partial charge in [-0.1, -0.05) is 30.3 Å². The average molecular weight is 266 g/mol. The van der Waals surface area contributed by atoms with Crippen molar-refractivity contribution in [2.75, 3.05) is 13.2 Å². The van der Waals surface area contributed by atoms with Crippen LogP contribution < -0.4 is 11.1 Å². The monoisotopic (exact) mass is 266 g/mol. The molecule has 0 spiro atoms. The van der Waals surface area contributed by atoms with E-state index in [4.69, 9.17) is 15.2 Å². The van der Waals surface area contributed by atoms with Crippen molar-refractivity contribution in [3.8, 4) is 0 Å². The molecule has 6 nitrogen and oxygen atoms in total. The van der Waals surface area contributed by atoms with Crippen LogP contribution in [0.15, 0.2) is 30.3 Å². The summed E-state index contributed by atoms with van der Waals surface area (Å²) in [6, 6.07) is 8.34. The molecule has 0 bridgehead atoms. The van der Waals surface area contributed by atoms with Crippen molar-refractivity contribution >= 4 is 12.1 Å². The minimum atomic E-state index is -0.886. The van der Waals surface area contributed by atoms with Gasteiger partial charge in [-0.05, 0) is 12.5 Å². The topological polar surface area (TPSA) is 90.6 Å². The largest absolute Gasteiger partial charge is 0.464 e. The summed E-state index contributed by atoms with van der Waals surface area (Å²) < 4.78 is 9.74. The molecule has 19 heavy (non-hydrogen) atoms. The Bertz CT molecular complexity index is 408. The third kappa shape index (κ3) is 5.39. The Balaban J connectivity index is 2.39. The second-order valence-electron chi connectivity index (χ2n) is 3.75. The summed E-state index contributed by atoms with van der Waals surface area (Å²) in [5.74, 6) is -0.568. The smallest absolute Gasteiger partial charge is 0.408 e. The fraction of sp³-hybridized carbons (Fsp3) is 0.385. The van der Waals surface area contributed by atoms with Crippen molar-refractivity contribution in [2.45, 2.75) is 19.6 Å². The van der Waals surface area contributed by atoms with E-state index in [0.29, 0.717) is 0 Å². The first-order chi connectivity index (χ1) is 9.17. The van der Waals surface area contributed by atoms with E-state index in [1.807, 2.05) is 30.3 Å². The van der Waals surface area contributed by atoms with Crippen LogP contribution in [0.4, 0.5) is 4.79 Å². The number of esters is 1. The number of amides is 1. The van der Waals surface area contributed by atoms with Crippen molar-refractivity contribution in [1.82, 2.24) is 5.32 Å². The fourth-order valence-electron chi connectivity index (χ4n) is 1.36. The van der Waals surface area contributed by atoms with Gasteiger partial charge in [-0.3, -0.25) is 0 Å². The van der Waals surface area contributed by atoms with Crippen LogP contribution in [0, 0.1) is 0 Å². The molecule has 0 radical (unpaired) electrons. The summed E-state index contributed by atoms with van der Waals surface area (Å²) in [6.07, 6.45) is -0.702. The van der Waals surface area contributed by atoms with E-state index < -0.39 is 18.1 Å². The molecule has 3 N–H and O–H groups in total. The lowest BCUT2D eigenvalue weighted by atomic mass is 10.2. The standard InChI is InChI=1S/C13H18N2O4/c1-2-18-12(16)11(8-14)15-13(17)19-9-10-6-4-3-5-7-10/h3-7,11H,2,8-9,14H2,1H3,(H,15,17). The van der Waals surface area contributed by atoms with E-state index in [-0.39, 0.29) is 19.8 Å². The lowest BCUT2D eigenvalue weighted by Crippen LogP contribution is -2.46. The number of nitrogens with two attached hydrogens (primary N) is 1. The molecule has 1 atom stereocenters. The summed E-state index contributed by atoms with van der Waals surface area (Å²) in [6.45, 7) is 2.00. The fourth-order valence-corrected chi connectivity index (χ4v) is 1.36. The second kappa shape index (κ2) is 8.10. The van der Waals surface area contributed by atoms with Gasteiger partial charge in [0.1, 0.15) is 12.6 Å². The molecule has 0 aliphatic carbocycles. The van der Waals surface area contributed by atoms with E-state index in [2.05, 4.69) is 5.32 Å². The Morgan fingerprint density at radius 3 is 2.53 bits per heavy atom. The van der Waals surface area contributed by atoms with Crippen molar-refractivity contribution in [3.05, 3.63) is 35.9 Å². The molecular formula is C13H18N2O4. The Morgan fingerprint density at radius 2 is 1.95 bits per heavy atom. The Kier molecular flexibility index (Phi) is 6.38. The molecule has 0 aliphatic rings. The number of carbonyl (C=O) groups excluding carboxylic acids is 2. The van der Waals surface area contributed by atoms with Crippen LogP contribution in [0.1, 0.15) is 12.5 Å². The molecule has 0 aliphatic heterocycles. The first-order valence-electron chi connectivity index (χ1n) is 6.01. The van der Waals surface area contributed by atoms with Crippen LogP contribution in [-0.4, -0.2) is 31.3 Å². The minimum absolute atomic E-state index is 0.0424. The van der Waals surface area contributed by atoms with Crippen molar-refractivity contribution < 1.29 is 19.1 Å². The Morgan fingerprint density at radius 1 is 1.26 bits per heavy atom. The van der Waals surface area contributed by atoms with Gasteiger partial charge in [0.2, 0.25) is 0 Å². The number of carbonyl (C=O) groups is 2. The molecular weight excluding hydrogens is 248 g/mol. The highest BCUT2D eigenvalue weighted by Gasteiger charge is 2.20. The lowest BCUT2D eigenvalue weighted by molar-refractivity contribution is -0.145. The van der Waals surface area contributed by atoms with Crippen LogP contribution in [0.3, 0.4) is 0 Å². The highest BCUT2D eigenvalue weighted by atomic mass is 16.6. The molecule has 0 heterocycles. The first kappa shape index (κ1) is 15.0. The van der Waals surface area contributed by atoms with Gasteiger partial charge in [-0.2, -0.15) is 0 Å². The van der Waals surface area contributed by atoms with Crippen molar-refractivity contribution in [2.24, 2.45) is 5.73 Å². The molecule has 0 saturated heterocycles. The van der Waals surface area contributed by atoms with Crippen LogP contribution >= 0.6 is 0 Å². The van der Waals surface area contributed by atoms with Gasteiger partial charge in [-0.15, -0.1) is 0 Å². The second-order valence-corrected chi connectivity index (χ2v) is 3.75. The quantitative estimate of drug-likeness (QED) is 0.743. The Labute approximate surface area is 111 Å². The number of benzene rings is 1. The van der Waals surface area contributed by atoms with Crippen LogP contribution in [-0.2, 0) is 20.9 Å². The molecule has 1 aromatic carbocycles. The van der Waals surface area contributed by atoms with Crippen molar-refractivity contribution in [1.29, 1.82) is 0 Å². The highest BCUT2D eigenvalue weighted by molar-refractivity contribution is 5.81. The van der Waals surface area contributed by atoms with E-state index in [9.17, 15) is 9.59 Å². The van der Waals surface area contributed by atoms with E-state index in [0.717, 1.165) is 5.56 Å². The van der Waals surface area contributed by atoms with Crippen LogP contribution in [0.2, 0.25) is 0 Å². The van der Waals surface area contributed by atoms with Crippen molar-refractivity contribution in [3.63, 3.8) is 0 Å². The zero-order chi connectivity index (χ0) is 14.1. The van der Waals surface area contributed by atoms with E-state index in [1.54, 1.807) is 6.92 Å². The predicted octanol–water partition coefficient (Wildman–Crippen LogP) is 0.803. The summed E-state index contributed by atoms with van der Waals surface area (Å²) in [4.78, 5) is 22.9. The van der Waals surface area contributed by atoms with Gasteiger partial charge < -0.3 is 20.5 Å². The Hall–Kier alpha value is -2.08. The van der Waals surface area contributed by atoms with E-state index in [1.165, 1.54) is 0 Å². The molecule has 0 fully saturated rings. The SMILES string of the molecule is CCOC(=O)C(CN)NC(=O)OCc1ccccc1. The molecule has 1 amide bonds. The highest BCUT2D eigenvalue weighted by Crippen LogP contribution is 2.00. The zero-order valence-electron chi connectivity index (χ0n) is 10.8. The summed E-state index contributed by atoms with van der Waals surface area (Å²) in [5, 5.41) is 2.36. The summed E-state index contributed by atoms with van der Waals surface area (Å²) >= 11 is 0. The zero-order valence-corrected chi connectivity index (χ0v) is 10.8. The van der Waals surface area contributed by atoms with Gasteiger partial charge in [0.05, 0.1) is 6.61 Å². The maximum atomic E-state index is 11.5. The number of ether oxygens (including phenoxy) is 2. The van der Waals surface area contributed by atoms with Crippen LogP contribution in [0.5, 0.6) is 0 Å². The van der Waals surface area contributed by atoms with Gasteiger partial charge >= 0.3 is 12.1 Å². The van der Waals surface area contributed by atoms with E-state index >= 15 is 0 Å². The van der Waals surface area contributed by atoms with Gasteiger partial charge in [0, 0.05) is 6.54 Å². The molecule has 104 valence electrons. The number of nitrogens with one attached hydrogen (secondary N) is 1. The van der Waals surface area contributed by atoms with Gasteiger partial charge in [0.25, 0.3) is 0 Å². The maximum absolute atomic E-state index is 11.5. The molecule has 1 unspecified atom stereocenters. The third-order valence-electron chi connectivity index (χ3n) is 2.31. The molecule has 6 heteroatoms. The third-order valence-corrected chi connectivity index (χ3v) is 2.31. The van der Waals surface area contributed by atoms with Gasteiger partial charge in [-0.25, -0.2) is 9.59 Å². The lowest BCUT2D eigenvalue weighted by Gasteiger charge is -2.15. The number of rotatable bonds is 6. The first-order valence-corrected chi connectivity index (χ1v) is 6.01. The van der Waals surface area contributed by atoms with Crippen LogP contribution in [0.25, 0.3) is 0 Å². The predicted molar refractivity (Wildman–Crippen MR) is 69.2 cm³/mol.